The molecule has 1 saturated heterocycles. The van der Waals surface area contributed by atoms with Crippen molar-refractivity contribution < 1.29 is 14.0 Å². The number of rotatable bonds is 5. The smallest absolute Gasteiger partial charge is 0.291 e. The van der Waals surface area contributed by atoms with Crippen LogP contribution in [-0.2, 0) is 0 Å². The highest BCUT2D eigenvalue weighted by molar-refractivity contribution is 7.18. The molecule has 2 amide bonds. The average molecular weight is 333 g/mol. The van der Waals surface area contributed by atoms with Crippen molar-refractivity contribution in [3.05, 3.63) is 40.7 Å². The van der Waals surface area contributed by atoms with Crippen LogP contribution in [0.2, 0.25) is 0 Å². The zero-order valence-corrected chi connectivity index (χ0v) is 13.7. The summed E-state index contributed by atoms with van der Waals surface area (Å²) in [5.74, 6) is -0.174. The molecule has 0 aromatic carbocycles. The summed E-state index contributed by atoms with van der Waals surface area (Å²) in [6.07, 6.45) is 3.69. The molecule has 0 radical (unpaired) electrons. The summed E-state index contributed by atoms with van der Waals surface area (Å²) < 4.78 is 5.05. The molecule has 122 valence electrons. The second kappa shape index (κ2) is 6.97. The van der Waals surface area contributed by atoms with Crippen molar-refractivity contribution in [2.45, 2.75) is 25.8 Å². The van der Waals surface area contributed by atoms with E-state index in [1.165, 1.54) is 17.6 Å². The van der Waals surface area contributed by atoms with E-state index in [2.05, 4.69) is 16.0 Å². The second-order valence-corrected chi connectivity index (χ2v) is 6.61. The standard InChI is InChI=1S/C16H19N3O3S/c1-10-8-13(19-15(20)12-5-3-7-22-12)23-14(10)16(21)18-9-11-4-2-6-17-11/h3,5,7-8,11,17H,2,4,6,9H2,1H3,(H,18,21)(H,19,20). The molecule has 6 nitrogen and oxygen atoms in total. The second-order valence-electron chi connectivity index (χ2n) is 5.56. The van der Waals surface area contributed by atoms with Crippen LogP contribution in [0.15, 0.2) is 28.9 Å². The fourth-order valence-corrected chi connectivity index (χ4v) is 3.56. The molecule has 3 heterocycles. The quantitative estimate of drug-likeness (QED) is 0.784. The van der Waals surface area contributed by atoms with Crippen LogP contribution >= 0.6 is 11.3 Å². The van der Waals surface area contributed by atoms with Crippen LogP contribution in [0.5, 0.6) is 0 Å². The van der Waals surface area contributed by atoms with E-state index < -0.39 is 0 Å². The van der Waals surface area contributed by atoms with Gasteiger partial charge in [-0.2, -0.15) is 0 Å². The van der Waals surface area contributed by atoms with Gasteiger partial charge in [-0.15, -0.1) is 11.3 Å². The summed E-state index contributed by atoms with van der Waals surface area (Å²) in [7, 11) is 0. The van der Waals surface area contributed by atoms with E-state index in [4.69, 9.17) is 4.42 Å². The van der Waals surface area contributed by atoms with E-state index in [9.17, 15) is 9.59 Å². The van der Waals surface area contributed by atoms with Crippen LogP contribution in [-0.4, -0.2) is 30.9 Å². The molecule has 7 heteroatoms. The van der Waals surface area contributed by atoms with E-state index in [1.54, 1.807) is 18.2 Å². The molecule has 23 heavy (non-hydrogen) atoms. The van der Waals surface area contributed by atoms with E-state index in [0.29, 0.717) is 22.5 Å². The normalized spacial score (nSPS) is 17.2. The number of thiophene rings is 1. The van der Waals surface area contributed by atoms with E-state index >= 15 is 0 Å². The topological polar surface area (TPSA) is 83.4 Å². The van der Waals surface area contributed by atoms with Crippen molar-refractivity contribution in [1.82, 2.24) is 10.6 Å². The van der Waals surface area contributed by atoms with Crippen LogP contribution in [0.25, 0.3) is 0 Å². The van der Waals surface area contributed by atoms with Gasteiger partial charge in [0.2, 0.25) is 0 Å². The summed E-state index contributed by atoms with van der Waals surface area (Å²) in [5, 5.41) is 9.68. The monoisotopic (exact) mass is 333 g/mol. The van der Waals surface area contributed by atoms with Gasteiger partial charge in [0.15, 0.2) is 5.76 Å². The molecule has 0 spiro atoms. The molecule has 3 rings (SSSR count). The molecule has 1 aliphatic rings. The number of amides is 2. The van der Waals surface area contributed by atoms with Gasteiger partial charge in [0, 0.05) is 12.6 Å². The van der Waals surface area contributed by atoms with Crippen molar-refractivity contribution in [3.63, 3.8) is 0 Å². The fraction of sp³-hybridized carbons (Fsp3) is 0.375. The van der Waals surface area contributed by atoms with Crippen molar-refractivity contribution in [2.24, 2.45) is 0 Å². The van der Waals surface area contributed by atoms with Gasteiger partial charge >= 0.3 is 0 Å². The minimum Gasteiger partial charge on any atom is -0.459 e. The predicted octanol–water partition coefficient (Wildman–Crippen LogP) is 2.38. The van der Waals surface area contributed by atoms with Gasteiger partial charge in [-0.3, -0.25) is 9.59 Å². The first-order valence-electron chi connectivity index (χ1n) is 7.60. The number of hydrogen-bond acceptors (Lipinski definition) is 5. The SMILES string of the molecule is Cc1cc(NC(=O)c2ccco2)sc1C(=O)NCC1CCCN1. The van der Waals surface area contributed by atoms with Gasteiger partial charge < -0.3 is 20.4 Å². The largest absolute Gasteiger partial charge is 0.459 e. The minimum atomic E-state index is -0.321. The maximum Gasteiger partial charge on any atom is 0.291 e. The average Bonchev–Trinajstić information content (AvgIpc) is 3.27. The third-order valence-electron chi connectivity index (χ3n) is 3.78. The van der Waals surface area contributed by atoms with Gasteiger partial charge in [-0.05, 0) is 50.1 Å². The lowest BCUT2D eigenvalue weighted by Gasteiger charge is -2.10. The first kappa shape index (κ1) is 15.8. The highest BCUT2D eigenvalue weighted by Gasteiger charge is 2.19. The first-order chi connectivity index (χ1) is 11.1. The summed E-state index contributed by atoms with van der Waals surface area (Å²) >= 11 is 1.27. The molecule has 1 unspecified atom stereocenters. The van der Waals surface area contributed by atoms with Crippen molar-refractivity contribution >= 4 is 28.2 Å². The lowest BCUT2D eigenvalue weighted by molar-refractivity contribution is 0.0952. The lowest BCUT2D eigenvalue weighted by Crippen LogP contribution is -2.37. The Kier molecular flexibility index (Phi) is 4.78. The van der Waals surface area contributed by atoms with Crippen molar-refractivity contribution in [3.8, 4) is 0 Å². The number of hydrogen-bond donors (Lipinski definition) is 3. The Morgan fingerprint density at radius 3 is 3.00 bits per heavy atom. The molecule has 2 aromatic rings. The highest BCUT2D eigenvalue weighted by atomic mass is 32.1. The predicted molar refractivity (Wildman–Crippen MR) is 89.1 cm³/mol. The molecular formula is C16H19N3O3S. The number of aryl methyl sites for hydroxylation is 1. The Bertz CT molecular complexity index is 687. The Balaban J connectivity index is 1.60. The lowest BCUT2D eigenvalue weighted by atomic mass is 10.2. The number of furan rings is 1. The molecule has 2 aromatic heterocycles. The number of carbonyl (C=O) groups excluding carboxylic acids is 2. The first-order valence-corrected chi connectivity index (χ1v) is 8.42. The summed E-state index contributed by atoms with van der Waals surface area (Å²) in [4.78, 5) is 24.9. The maximum atomic E-state index is 12.3. The van der Waals surface area contributed by atoms with Crippen molar-refractivity contribution in [1.29, 1.82) is 0 Å². The zero-order valence-electron chi connectivity index (χ0n) is 12.8. The molecule has 1 atom stereocenters. The van der Waals surface area contributed by atoms with E-state index in [1.807, 2.05) is 6.92 Å². The summed E-state index contributed by atoms with van der Waals surface area (Å²) in [5.41, 5.74) is 0.849. The molecule has 1 fully saturated rings. The van der Waals surface area contributed by atoms with Crippen LogP contribution in [0.3, 0.4) is 0 Å². The fourth-order valence-electron chi connectivity index (χ4n) is 2.58. The number of carbonyl (C=O) groups is 2. The molecular weight excluding hydrogens is 314 g/mol. The van der Waals surface area contributed by atoms with Crippen LogP contribution in [0.4, 0.5) is 5.00 Å². The van der Waals surface area contributed by atoms with Gasteiger partial charge in [0.1, 0.15) is 0 Å². The summed E-state index contributed by atoms with van der Waals surface area (Å²) in [6.45, 7) is 3.51. The summed E-state index contributed by atoms with van der Waals surface area (Å²) in [6, 6.07) is 5.41. The molecule has 0 bridgehead atoms. The number of anilines is 1. The van der Waals surface area contributed by atoms with E-state index in [0.717, 1.165) is 24.9 Å². The van der Waals surface area contributed by atoms with Crippen LogP contribution in [0.1, 0.15) is 38.6 Å². The number of nitrogens with one attached hydrogen (secondary N) is 3. The molecule has 0 saturated carbocycles. The van der Waals surface area contributed by atoms with E-state index in [-0.39, 0.29) is 17.6 Å². The molecule has 0 aliphatic carbocycles. The van der Waals surface area contributed by atoms with Gasteiger partial charge in [0.25, 0.3) is 11.8 Å². The Morgan fingerprint density at radius 1 is 1.43 bits per heavy atom. The Morgan fingerprint density at radius 2 is 2.30 bits per heavy atom. The maximum absolute atomic E-state index is 12.3. The van der Waals surface area contributed by atoms with Crippen molar-refractivity contribution in [2.75, 3.05) is 18.4 Å². The molecule has 1 aliphatic heterocycles. The van der Waals surface area contributed by atoms with Gasteiger partial charge in [0.05, 0.1) is 16.1 Å². The molecule has 3 N–H and O–H groups in total. The Labute approximate surface area is 138 Å². The van der Waals surface area contributed by atoms with Crippen LogP contribution in [0, 0.1) is 6.92 Å². The van der Waals surface area contributed by atoms with Gasteiger partial charge in [-0.25, -0.2) is 0 Å². The van der Waals surface area contributed by atoms with Gasteiger partial charge in [-0.1, -0.05) is 0 Å². The Hall–Kier alpha value is -2.12. The zero-order chi connectivity index (χ0) is 16.2. The third-order valence-corrected chi connectivity index (χ3v) is 4.93. The minimum absolute atomic E-state index is 0.0975. The highest BCUT2D eigenvalue weighted by Crippen LogP contribution is 2.27. The van der Waals surface area contributed by atoms with Crippen LogP contribution < -0.4 is 16.0 Å². The third kappa shape index (κ3) is 3.80.